The Kier molecular flexibility index (Phi) is 9.72. The maximum absolute atomic E-state index is 14.0. The normalized spacial score (nSPS) is 21.3. The molecule has 4 heterocycles. The molecule has 4 aliphatic rings. The van der Waals surface area contributed by atoms with Crippen molar-refractivity contribution in [2.45, 2.75) is 62.8 Å². The first-order valence-corrected chi connectivity index (χ1v) is 16.9. The summed E-state index contributed by atoms with van der Waals surface area (Å²) >= 11 is 6.10. The summed E-state index contributed by atoms with van der Waals surface area (Å²) in [7, 11) is 2.12. The number of piperidine rings is 3. The first kappa shape index (κ1) is 34.2. The van der Waals surface area contributed by atoms with E-state index in [0.29, 0.717) is 43.5 Å². The van der Waals surface area contributed by atoms with Crippen molar-refractivity contribution in [3.63, 3.8) is 0 Å². The zero-order valence-corrected chi connectivity index (χ0v) is 27.6. The van der Waals surface area contributed by atoms with Crippen molar-refractivity contribution in [1.29, 1.82) is 0 Å². The number of nitrogens with zero attached hydrogens (tertiary/aromatic N) is 3. The number of benzene rings is 2. The highest BCUT2D eigenvalue weighted by atomic mass is 35.5. The number of hydrogen-bond donors (Lipinski definition) is 2. The van der Waals surface area contributed by atoms with Crippen molar-refractivity contribution in [2.75, 3.05) is 57.4 Å². The predicted molar refractivity (Wildman–Crippen MR) is 173 cm³/mol. The highest BCUT2D eigenvalue weighted by Gasteiger charge is 2.46. The van der Waals surface area contributed by atoms with E-state index in [0.717, 1.165) is 50.4 Å². The van der Waals surface area contributed by atoms with Crippen LogP contribution in [0.4, 0.5) is 34.1 Å². The lowest BCUT2D eigenvalue weighted by atomic mass is 9.79. The second-order valence-electron chi connectivity index (χ2n) is 13.5. The average Bonchev–Trinajstić information content (AvgIpc) is 3.06. The molecule has 14 heteroatoms. The summed E-state index contributed by atoms with van der Waals surface area (Å²) in [6.45, 7) is 3.41. The van der Waals surface area contributed by atoms with Crippen LogP contribution in [0, 0.1) is 11.8 Å². The molecule has 3 saturated heterocycles. The summed E-state index contributed by atoms with van der Waals surface area (Å²) < 4.78 is 53.0. The van der Waals surface area contributed by atoms with E-state index in [1.165, 1.54) is 11.0 Å². The number of hydrogen-bond acceptors (Lipinski definition) is 7. The minimum Gasteiger partial charge on any atom is -0.438 e. The number of ether oxygens (including phenoxy) is 2. The summed E-state index contributed by atoms with van der Waals surface area (Å²) in [6.07, 6.45) is -3.33. The van der Waals surface area contributed by atoms with Crippen molar-refractivity contribution < 1.29 is 37.0 Å². The molecule has 260 valence electrons. The summed E-state index contributed by atoms with van der Waals surface area (Å²) in [4.78, 5) is 45.3. The second kappa shape index (κ2) is 13.7. The SMILES string of the molecule is CN1CCC(C2CCN(C(=O)[C@@H](Cc3cc(Cl)c(N)c(C(F)(F)F)c3)OC(=O)N3CCC4(CC3)OC(=O)Nc3ccccc34)CC2)CC1. The van der Waals surface area contributed by atoms with Crippen LogP contribution in [0.1, 0.15) is 55.2 Å². The molecule has 0 saturated carbocycles. The number of nitrogens with two attached hydrogens (primary N) is 1. The van der Waals surface area contributed by atoms with Crippen LogP contribution in [0.3, 0.4) is 0 Å². The van der Waals surface area contributed by atoms with E-state index >= 15 is 0 Å². The van der Waals surface area contributed by atoms with Crippen molar-refractivity contribution in [3.05, 3.63) is 58.1 Å². The lowest BCUT2D eigenvalue weighted by Gasteiger charge is -2.44. The van der Waals surface area contributed by atoms with Crippen molar-refractivity contribution in [1.82, 2.24) is 14.7 Å². The van der Waals surface area contributed by atoms with Crippen LogP contribution in [0.15, 0.2) is 36.4 Å². The number of para-hydroxylation sites is 1. The molecule has 2 aromatic carbocycles. The second-order valence-corrected chi connectivity index (χ2v) is 13.9. The van der Waals surface area contributed by atoms with Gasteiger partial charge in [0.1, 0.15) is 5.60 Å². The van der Waals surface area contributed by atoms with Crippen molar-refractivity contribution >= 4 is 41.1 Å². The maximum Gasteiger partial charge on any atom is 0.418 e. The highest BCUT2D eigenvalue weighted by Crippen LogP contribution is 2.44. The number of alkyl halides is 3. The minimum absolute atomic E-state index is 0.0738. The molecule has 10 nitrogen and oxygen atoms in total. The van der Waals surface area contributed by atoms with Crippen LogP contribution < -0.4 is 11.1 Å². The van der Waals surface area contributed by atoms with Gasteiger partial charge >= 0.3 is 18.4 Å². The fraction of sp³-hybridized carbons (Fsp3) is 0.559. The molecule has 3 N–H and O–H groups in total. The molecule has 0 radical (unpaired) electrons. The van der Waals surface area contributed by atoms with Gasteiger partial charge in [0.15, 0.2) is 6.10 Å². The number of amides is 3. The zero-order valence-electron chi connectivity index (χ0n) is 26.9. The maximum atomic E-state index is 14.0. The van der Waals surface area contributed by atoms with E-state index in [9.17, 15) is 27.6 Å². The molecule has 0 bridgehead atoms. The van der Waals surface area contributed by atoms with Crippen LogP contribution in [-0.2, 0) is 32.5 Å². The van der Waals surface area contributed by atoms with Crippen LogP contribution in [0.2, 0.25) is 5.02 Å². The monoisotopic (exact) mass is 691 g/mol. The zero-order chi connectivity index (χ0) is 34.2. The van der Waals surface area contributed by atoms with Gasteiger partial charge in [0, 0.05) is 51.0 Å². The van der Waals surface area contributed by atoms with Crippen molar-refractivity contribution in [2.24, 2.45) is 11.8 Å². The topological polar surface area (TPSA) is 117 Å². The lowest BCUT2D eigenvalue weighted by Crippen LogP contribution is -2.52. The third kappa shape index (κ3) is 7.17. The van der Waals surface area contributed by atoms with Crippen LogP contribution in [0.25, 0.3) is 0 Å². The van der Waals surface area contributed by atoms with Gasteiger partial charge in [-0.05, 0) is 81.4 Å². The highest BCUT2D eigenvalue weighted by molar-refractivity contribution is 6.33. The molecule has 0 unspecified atom stereocenters. The number of rotatable bonds is 5. The number of nitrogens with one attached hydrogen (secondary N) is 1. The largest absolute Gasteiger partial charge is 0.438 e. The number of likely N-dealkylation sites (tertiary alicyclic amines) is 3. The third-order valence-corrected chi connectivity index (χ3v) is 10.8. The fourth-order valence-corrected chi connectivity index (χ4v) is 7.93. The Morgan fingerprint density at radius 1 is 1.02 bits per heavy atom. The van der Waals surface area contributed by atoms with Gasteiger partial charge < -0.3 is 29.9 Å². The molecule has 4 aliphatic heterocycles. The van der Waals surface area contributed by atoms with E-state index < -0.39 is 47.2 Å². The van der Waals surface area contributed by atoms with Gasteiger partial charge in [-0.25, -0.2) is 9.59 Å². The molecular formula is C34H41ClF3N5O5. The van der Waals surface area contributed by atoms with Gasteiger partial charge in [-0.15, -0.1) is 0 Å². The molecule has 48 heavy (non-hydrogen) atoms. The Morgan fingerprint density at radius 3 is 2.29 bits per heavy atom. The van der Waals surface area contributed by atoms with Gasteiger partial charge in [0.25, 0.3) is 5.91 Å². The van der Waals surface area contributed by atoms with Crippen molar-refractivity contribution in [3.8, 4) is 0 Å². The summed E-state index contributed by atoms with van der Waals surface area (Å²) in [5.74, 6) is 0.628. The molecular weight excluding hydrogens is 651 g/mol. The Labute approximate surface area is 282 Å². The number of carbonyl (C=O) groups is 3. The number of anilines is 2. The molecule has 0 aromatic heterocycles. The van der Waals surface area contributed by atoms with Crippen LogP contribution in [-0.4, -0.2) is 85.2 Å². The van der Waals surface area contributed by atoms with Gasteiger partial charge in [0.2, 0.25) is 0 Å². The lowest BCUT2D eigenvalue weighted by molar-refractivity contribution is -0.143. The fourth-order valence-electron chi connectivity index (χ4n) is 7.69. The number of halogens is 4. The van der Waals surface area contributed by atoms with Crippen LogP contribution in [0.5, 0.6) is 0 Å². The van der Waals surface area contributed by atoms with E-state index in [1.807, 2.05) is 18.2 Å². The van der Waals surface area contributed by atoms with Gasteiger partial charge in [-0.2, -0.15) is 13.2 Å². The molecule has 1 atom stereocenters. The summed E-state index contributed by atoms with van der Waals surface area (Å²) in [5, 5.41) is 2.41. The first-order chi connectivity index (χ1) is 22.8. The Hall–Kier alpha value is -3.71. The summed E-state index contributed by atoms with van der Waals surface area (Å²) in [5.41, 5.74) is 4.55. The average molecular weight is 692 g/mol. The van der Waals surface area contributed by atoms with E-state index in [4.69, 9.17) is 26.8 Å². The van der Waals surface area contributed by atoms with E-state index in [1.54, 1.807) is 11.0 Å². The first-order valence-electron chi connectivity index (χ1n) is 16.5. The molecule has 3 amide bonds. The van der Waals surface area contributed by atoms with Gasteiger partial charge in [0.05, 0.1) is 22.0 Å². The molecule has 1 spiro atoms. The molecule has 3 fully saturated rings. The van der Waals surface area contributed by atoms with Crippen LogP contribution >= 0.6 is 11.6 Å². The number of nitrogen functional groups attached to an aromatic ring is 1. The van der Waals surface area contributed by atoms with Gasteiger partial charge in [-0.1, -0.05) is 29.8 Å². The van der Waals surface area contributed by atoms with Gasteiger partial charge in [-0.3, -0.25) is 10.1 Å². The Morgan fingerprint density at radius 2 is 1.65 bits per heavy atom. The number of carbonyl (C=O) groups excluding carboxylic acids is 3. The molecule has 2 aromatic rings. The third-order valence-electron chi connectivity index (χ3n) is 10.5. The quantitative estimate of drug-likeness (QED) is 0.363. The Balaban J connectivity index is 1.17. The minimum atomic E-state index is -4.77. The Bertz CT molecular complexity index is 1530. The number of fused-ring (bicyclic) bond motifs is 2. The standard InChI is InChI=1S/C34H41ClF3N5O5/c1-41-12-6-22(7-13-41)23-8-14-42(15-9-23)30(44)28(20-21-18-25(34(36,37)38)29(39)26(35)19-21)47-32(46)43-16-10-33(11-17-43)24-4-2-3-5-27(24)40-31(45)48-33/h2-5,18-19,22-23,28H,6-17,20,39H2,1H3,(H,40,45)/t28-/m1/s1. The van der Waals surface area contributed by atoms with E-state index in [-0.39, 0.29) is 30.1 Å². The molecule has 0 aliphatic carbocycles. The van der Waals surface area contributed by atoms with E-state index in [2.05, 4.69) is 17.3 Å². The summed E-state index contributed by atoms with van der Waals surface area (Å²) in [6, 6.07) is 9.46. The smallest absolute Gasteiger partial charge is 0.418 e. The predicted octanol–water partition coefficient (Wildman–Crippen LogP) is 6.12. The molecule has 6 rings (SSSR count).